The SMILES string of the molecule is O=C1CCC(CCC(=O)N2[C@H]3CCNC[C@@H]2CC3)=NN1. The predicted octanol–water partition coefficient (Wildman–Crippen LogP) is 0.386. The molecule has 3 aliphatic rings. The lowest BCUT2D eigenvalue weighted by Gasteiger charge is -2.28. The average Bonchev–Trinajstić information content (AvgIpc) is 2.71. The van der Waals surface area contributed by atoms with Crippen molar-refractivity contribution < 1.29 is 9.59 Å². The van der Waals surface area contributed by atoms with Crippen LogP contribution in [-0.4, -0.2) is 47.6 Å². The van der Waals surface area contributed by atoms with E-state index in [1.54, 1.807) is 0 Å². The Labute approximate surface area is 119 Å². The molecule has 0 saturated carbocycles. The van der Waals surface area contributed by atoms with E-state index in [2.05, 4.69) is 20.7 Å². The highest BCUT2D eigenvalue weighted by Gasteiger charge is 2.37. The number of amides is 2. The fraction of sp³-hybridized carbons (Fsp3) is 0.786. The van der Waals surface area contributed by atoms with Crippen molar-refractivity contribution in [1.29, 1.82) is 0 Å². The number of hydrazone groups is 1. The van der Waals surface area contributed by atoms with E-state index in [0.717, 1.165) is 38.1 Å². The van der Waals surface area contributed by atoms with Gasteiger partial charge in [0.2, 0.25) is 11.8 Å². The van der Waals surface area contributed by atoms with Crippen LogP contribution in [-0.2, 0) is 9.59 Å². The molecule has 2 fully saturated rings. The van der Waals surface area contributed by atoms with Gasteiger partial charge in [-0.2, -0.15) is 5.10 Å². The largest absolute Gasteiger partial charge is 0.335 e. The number of rotatable bonds is 3. The molecule has 0 aromatic rings. The van der Waals surface area contributed by atoms with Crippen LogP contribution in [0, 0.1) is 0 Å². The lowest BCUT2D eigenvalue weighted by molar-refractivity contribution is -0.133. The van der Waals surface area contributed by atoms with Crippen molar-refractivity contribution in [3.05, 3.63) is 0 Å². The standard InChI is InChI=1S/C14H22N4O2/c19-13-5-1-10(16-17-13)2-6-14(20)18-11-3-4-12(18)9-15-8-7-11/h11-12,15H,1-9H2,(H,17,19)/t11-,12+/m1/s1. The quantitative estimate of drug-likeness (QED) is 0.784. The van der Waals surface area contributed by atoms with Crippen LogP contribution in [0.15, 0.2) is 5.10 Å². The van der Waals surface area contributed by atoms with Gasteiger partial charge in [0.25, 0.3) is 0 Å². The molecule has 20 heavy (non-hydrogen) atoms. The highest BCUT2D eigenvalue weighted by atomic mass is 16.2. The molecule has 3 heterocycles. The summed E-state index contributed by atoms with van der Waals surface area (Å²) in [5.41, 5.74) is 3.43. The molecule has 2 saturated heterocycles. The molecular formula is C14H22N4O2. The highest BCUT2D eigenvalue weighted by Crippen LogP contribution is 2.28. The number of nitrogens with one attached hydrogen (secondary N) is 2. The Morgan fingerprint density at radius 2 is 2.10 bits per heavy atom. The van der Waals surface area contributed by atoms with E-state index in [9.17, 15) is 9.59 Å². The summed E-state index contributed by atoms with van der Waals surface area (Å²) >= 11 is 0. The van der Waals surface area contributed by atoms with Crippen LogP contribution in [0.4, 0.5) is 0 Å². The van der Waals surface area contributed by atoms with Crippen molar-refractivity contribution in [1.82, 2.24) is 15.6 Å². The number of carbonyl (C=O) groups is 2. The third-order valence-electron chi connectivity index (χ3n) is 4.55. The fourth-order valence-electron chi connectivity index (χ4n) is 3.46. The van der Waals surface area contributed by atoms with E-state index < -0.39 is 0 Å². The first-order valence-electron chi connectivity index (χ1n) is 7.60. The summed E-state index contributed by atoms with van der Waals surface area (Å²) in [4.78, 5) is 25.6. The molecule has 0 unspecified atom stereocenters. The monoisotopic (exact) mass is 278 g/mol. The van der Waals surface area contributed by atoms with Crippen molar-refractivity contribution >= 4 is 17.5 Å². The molecule has 0 aromatic carbocycles. The zero-order valence-electron chi connectivity index (χ0n) is 11.7. The second-order valence-electron chi connectivity index (χ2n) is 5.89. The van der Waals surface area contributed by atoms with Crippen LogP contribution in [0.3, 0.4) is 0 Å². The number of hydrogen-bond donors (Lipinski definition) is 2. The lowest BCUT2D eigenvalue weighted by Crippen LogP contribution is -2.42. The third kappa shape index (κ3) is 2.85. The van der Waals surface area contributed by atoms with Crippen molar-refractivity contribution in [2.24, 2.45) is 5.10 Å². The van der Waals surface area contributed by atoms with Gasteiger partial charge in [-0.3, -0.25) is 9.59 Å². The van der Waals surface area contributed by atoms with Crippen LogP contribution in [0.1, 0.15) is 44.9 Å². The minimum Gasteiger partial charge on any atom is -0.335 e. The molecule has 6 nitrogen and oxygen atoms in total. The van der Waals surface area contributed by atoms with E-state index in [0.29, 0.717) is 37.8 Å². The van der Waals surface area contributed by atoms with E-state index in [1.807, 2.05) is 0 Å². The zero-order chi connectivity index (χ0) is 13.9. The first kappa shape index (κ1) is 13.5. The highest BCUT2D eigenvalue weighted by molar-refractivity contribution is 5.94. The Kier molecular flexibility index (Phi) is 4.00. The summed E-state index contributed by atoms with van der Waals surface area (Å²) in [6, 6.07) is 0.804. The van der Waals surface area contributed by atoms with Gasteiger partial charge in [0.1, 0.15) is 0 Å². The van der Waals surface area contributed by atoms with Crippen molar-refractivity contribution in [3.63, 3.8) is 0 Å². The van der Waals surface area contributed by atoms with E-state index in [1.165, 1.54) is 0 Å². The number of fused-ring (bicyclic) bond motifs is 2. The Balaban J connectivity index is 1.55. The third-order valence-corrected chi connectivity index (χ3v) is 4.55. The first-order chi connectivity index (χ1) is 9.74. The summed E-state index contributed by atoms with van der Waals surface area (Å²) in [7, 11) is 0. The van der Waals surface area contributed by atoms with Crippen LogP contribution in [0.2, 0.25) is 0 Å². The molecule has 2 amide bonds. The molecule has 0 spiro atoms. The maximum atomic E-state index is 12.5. The minimum atomic E-state index is -0.0308. The molecule has 3 aliphatic heterocycles. The van der Waals surface area contributed by atoms with Gasteiger partial charge in [0.05, 0.1) is 0 Å². The Hall–Kier alpha value is -1.43. The smallest absolute Gasteiger partial charge is 0.240 e. The van der Waals surface area contributed by atoms with Crippen LogP contribution < -0.4 is 10.7 Å². The number of hydrogen-bond acceptors (Lipinski definition) is 4. The van der Waals surface area contributed by atoms with Gasteiger partial charge in [-0.15, -0.1) is 0 Å². The minimum absolute atomic E-state index is 0.0308. The normalized spacial score (nSPS) is 29.7. The Morgan fingerprint density at radius 3 is 2.90 bits per heavy atom. The van der Waals surface area contributed by atoms with Gasteiger partial charge in [-0.25, -0.2) is 5.43 Å². The topological polar surface area (TPSA) is 73.8 Å². The molecule has 2 N–H and O–H groups in total. The van der Waals surface area contributed by atoms with Gasteiger partial charge in [0, 0.05) is 37.2 Å². The van der Waals surface area contributed by atoms with Crippen molar-refractivity contribution in [2.45, 2.75) is 57.0 Å². The predicted molar refractivity (Wildman–Crippen MR) is 75.2 cm³/mol. The summed E-state index contributed by atoms with van der Waals surface area (Å²) in [6.07, 6.45) is 5.71. The average molecular weight is 278 g/mol. The number of nitrogens with zero attached hydrogens (tertiary/aromatic N) is 2. The summed E-state index contributed by atoms with van der Waals surface area (Å²) in [6.45, 7) is 1.95. The molecule has 2 atom stereocenters. The van der Waals surface area contributed by atoms with E-state index in [4.69, 9.17) is 0 Å². The Morgan fingerprint density at radius 1 is 1.25 bits per heavy atom. The van der Waals surface area contributed by atoms with Crippen molar-refractivity contribution in [2.75, 3.05) is 13.1 Å². The molecule has 0 aromatic heterocycles. The van der Waals surface area contributed by atoms with E-state index in [-0.39, 0.29) is 11.8 Å². The first-order valence-corrected chi connectivity index (χ1v) is 7.60. The molecule has 110 valence electrons. The molecule has 0 aliphatic carbocycles. The number of carbonyl (C=O) groups excluding carboxylic acids is 2. The molecular weight excluding hydrogens is 256 g/mol. The van der Waals surface area contributed by atoms with Gasteiger partial charge in [0.15, 0.2) is 0 Å². The van der Waals surface area contributed by atoms with Gasteiger partial charge in [-0.05, 0) is 38.6 Å². The fourth-order valence-corrected chi connectivity index (χ4v) is 3.46. The maximum Gasteiger partial charge on any atom is 0.240 e. The summed E-state index contributed by atoms with van der Waals surface area (Å²) < 4.78 is 0. The summed E-state index contributed by atoms with van der Waals surface area (Å²) in [5, 5.41) is 7.44. The molecule has 6 heteroatoms. The van der Waals surface area contributed by atoms with Crippen LogP contribution in [0.5, 0.6) is 0 Å². The van der Waals surface area contributed by atoms with Gasteiger partial charge < -0.3 is 10.2 Å². The maximum absolute atomic E-state index is 12.5. The second-order valence-corrected chi connectivity index (χ2v) is 5.89. The molecule has 0 radical (unpaired) electrons. The lowest BCUT2D eigenvalue weighted by atomic mass is 10.1. The second kappa shape index (κ2) is 5.91. The van der Waals surface area contributed by atoms with Crippen LogP contribution >= 0.6 is 0 Å². The Bertz CT molecular complexity index is 421. The van der Waals surface area contributed by atoms with Crippen molar-refractivity contribution in [3.8, 4) is 0 Å². The van der Waals surface area contributed by atoms with Crippen LogP contribution in [0.25, 0.3) is 0 Å². The molecule has 3 rings (SSSR count). The summed E-state index contributed by atoms with van der Waals surface area (Å²) in [5.74, 6) is 0.220. The molecule has 2 bridgehead atoms. The van der Waals surface area contributed by atoms with E-state index >= 15 is 0 Å². The zero-order valence-corrected chi connectivity index (χ0v) is 11.7. The van der Waals surface area contributed by atoms with Gasteiger partial charge >= 0.3 is 0 Å². The van der Waals surface area contributed by atoms with Gasteiger partial charge in [-0.1, -0.05) is 0 Å².